The number of carbonyl (C=O) groups is 1. The molecule has 3 heteroatoms. The van der Waals surface area contributed by atoms with Crippen LogP contribution in [0.3, 0.4) is 0 Å². The van der Waals surface area contributed by atoms with Crippen LogP contribution in [0.15, 0.2) is 12.1 Å². The number of hydrogen-bond acceptors (Lipinski definition) is 1. The first-order valence-electron chi connectivity index (χ1n) is 6.68. The molecule has 0 aromatic heterocycles. The van der Waals surface area contributed by atoms with E-state index in [1.165, 1.54) is 5.56 Å². The fraction of sp³-hybridized carbons (Fsp3) is 0.533. The first kappa shape index (κ1) is 11.7. The van der Waals surface area contributed by atoms with Crippen molar-refractivity contribution in [3.05, 3.63) is 34.6 Å². The van der Waals surface area contributed by atoms with Gasteiger partial charge in [0.1, 0.15) is 5.82 Å². The maximum atomic E-state index is 14.1. The van der Waals surface area contributed by atoms with E-state index < -0.39 is 5.97 Å². The van der Waals surface area contributed by atoms with Crippen molar-refractivity contribution in [1.29, 1.82) is 0 Å². The smallest absolute Gasteiger partial charge is 0.303 e. The molecule has 2 aliphatic rings. The highest BCUT2D eigenvalue weighted by molar-refractivity contribution is 5.68. The quantitative estimate of drug-likeness (QED) is 0.887. The van der Waals surface area contributed by atoms with Gasteiger partial charge in [-0.25, -0.2) is 4.39 Å². The lowest BCUT2D eigenvalue weighted by Crippen LogP contribution is -2.11. The molecule has 1 atom stereocenters. The van der Waals surface area contributed by atoms with Crippen LogP contribution in [-0.2, 0) is 17.6 Å². The maximum absolute atomic E-state index is 14.1. The molecule has 1 saturated carbocycles. The van der Waals surface area contributed by atoms with Crippen LogP contribution in [0.2, 0.25) is 0 Å². The van der Waals surface area contributed by atoms with Gasteiger partial charge in [-0.05, 0) is 60.8 Å². The Bertz CT molecular complexity index is 492. The molecule has 1 aromatic carbocycles. The van der Waals surface area contributed by atoms with Gasteiger partial charge in [-0.15, -0.1) is 0 Å². The number of aliphatic carboxylic acids is 1. The minimum Gasteiger partial charge on any atom is -0.481 e. The Morgan fingerprint density at radius 3 is 2.61 bits per heavy atom. The van der Waals surface area contributed by atoms with Crippen LogP contribution in [0.1, 0.15) is 48.3 Å². The number of benzene rings is 1. The van der Waals surface area contributed by atoms with Crippen molar-refractivity contribution in [2.45, 2.75) is 44.4 Å². The van der Waals surface area contributed by atoms with Crippen molar-refractivity contribution >= 4 is 5.97 Å². The zero-order valence-corrected chi connectivity index (χ0v) is 10.3. The maximum Gasteiger partial charge on any atom is 0.303 e. The lowest BCUT2D eigenvalue weighted by Gasteiger charge is -2.17. The molecule has 0 saturated heterocycles. The van der Waals surface area contributed by atoms with Gasteiger partial charge in [0, 0.05) is 5.92 Å². The standard InChI is InChI=1S/C15H17FO2/c16-14-7-11-3-1-2-10(11)6-13(14)12(8-15(17)18)9-4-5-9/h6-7,9,12H,1-5,8H2,(H,17,18). The summed E-state index contributed by atoms with van der Waals surface area (Å²) in [5.74, 6) is -0.788. The number of halogens is 1. The van der Waals surface area contributed by atoms with Gasteiger partial charge in [-0.1, -0.05) is 6.07 Å². The SMILES string of the molecule is O=C(O)CC(c1cc2c(cc1F)CCC2)C1CC1. The van der Waals surface area contributed by atoms with Gasteiger partial charge < -0.3 is 5.11 Å². The Morgan fingerprint density at radius 1 is 1.33 bits per heavy atom. The molecular formula is C15H17FO2. The Hall–Kier alpha value is -1.38. The van der Waals surface area contributed by atoms with Crippen LogP contribution in [0.5, 0.6) is 0 Å². The Kier molecular flexibility index (Phi) is 2.84. The second kappa shape index (κ2) is 4.38. The fourth-order valence-corrected chi connectivity index (χ4v) is 3.11. The number of aryl methyl sites for hydroxylation is 2. The van der Waals surface area contributed by atoms with Gasteiger partial charge in [0.05, 0.1) is 6.42 Å². The lowest BCUT2D eigenvalue weighted by molar-refractivity contribution is -0.137. The number of rotatable bonds is 4. The molecule has 2 aliphatic carbocycles. The van der Waals surface area contributed by atoms with Gasteiger partial charge in [0.15, 0.2) is 0 Å². The molecule has 96 valence electrons. The van der Waals surface area contributed by atoms with Crippen molar-refractivity contribution in [3.8, 4) is 0 Å². The molecule has 18 heavy (non-hydrogen) atoms. The average Bonchev–Trinajstić information content (AvgIpc) is 3.05. The second-order valence-corrected chi connectivity index (χ2v) is 5.54. The summed E-state index contributed by atoms with van der Waals surface area (Å²) in [6.45, 7) is 0. The highest BCUT2D eigenvalue weighted by Gasteiger charge is 2.35. The summed E-state index contributed by atoms with van der Waals surface area (Å²) in [5.41, 5.74) is 2.98. The van der Waals surface area contributed by atoms with Crippen molar-refractivity contribution < 1.29 is 14.3 Å². The van der Waals surface area contributed by atoms with E-state index in [4.69, 9.17) is 5.11 Å². The first-order valence-corrected chi connectivity index (χ1v) is 6.68. The van der Waals surface area contributed by atoms with Gasteiger partial charge in [0.25, 0.3) is 0 Å². The van der Waals surface area contributed by atoms with E-state index in [0.29, 0.717) is 11.5 Å². The van der Waals surface area contributed by atoms with E-state index in [0.717, 1.165) is 37.7 Å². The van der Waals surface area contributed by atoms with Crippen molar-refractivity contribution in [3.63, 3.8) is 0 Å². The summed E-state index contributed by atoms with van der Waals surface area (Å²) >= 11 is 0. The van der Waals surface area contributed by atoms with Crippen LogP contribution in [-0.4, -0.2) is 11.1 Å². The predicted octanol–water partition coefficient (Wildman–Crippen LogP) is 3.28. The first-order chi connectivity index (χ1) is 8.65. The zero-order chi connectivity index (χ0) is 12.7. The largest absolute Gasteiger partial charge is 0.481 e. The van der Waals surface area contributed by atoms with Crippen molar-refractivity contribution in [2.75, 3.05) is 0 Å². The summed E-state index contributed by atoms with van der Waals surface area (Å²) in [6, 6.07) is 3.57. The zero-order valence-electron chi connectivity index (χ0n) is 10.3. The molecule has 0 radical (unpaired) electrons. The molecule has 0 spiro atoms. The Morgan fingerprint density at radius 2 is 2.00 bits per heavy atom. The highest BCUT2D eigenvalue weighted by Crippen LogP contribution is 2.46. The molecule has 0 amide bonds. The molecule has 1 fully saturated rings. The molecular weight excluding hydrogens is 231 g/mol. The summed E-state index contributed by atoms with van der Waals surface area (Å²) < 4.78 is 14.1. The van der Waals surface area contributed by atoms with Gasteiger partial charge in [-0.2, -0.15) is 0 Å². The minimum atomic E-state index is -0.827. The molecule has 1 unspecified atom stereocenters. The molecule has 0 bridgehead atoms. The van der Waals surface area contributed by atoms with Crippen LogP contribution in [0.4, 0.5) is 4.39 Å². The van der Waals surface area contributed by atoms with Crippen molar-refractivity contribution in [1.82, 2.24) is 0 Å². The van der Waals surface area contributed by atoms with Crippen LogP contribution in [0, 0.1) is 11.7 Å². The van der Waals surface area contributed by atoms with Gasteiger partial charge in [-0.3, -0.25) is 4.79 Å². The normalized spacial score (nSPS) is 19.6. The molecule has 2 nitrogen and oxygen atoms in total. The van der Waals surface area contributed by atoms with E-state index in [1.807, 2.05) is 6.07 Å². The lowest BCUT2D eigenvalue weighted by atomic mass is 9.88. The third kappa shape index (κ3) is 2.14. The number of carboxylic acids is 1. The highest BCUT2D eigenvalue weighted by atomic mass is 19.1. The molecule has 0 aliphatic heterocycles. The van der Waals surface area contributed by atoms with Gasteiger partial charge >= 0.3 is 5.97 Å². The molecule has 1 N–H and O–H groups in total. The Balaban J connectivity index is 1.95. The van der Waals surface area contributed by atoms with E-state index in [-0.39, 0.29) is 18.2 Å². The summed E-state index contributed by atoms with van der Waals surface area (Å²) in [6.07, 6.45) is 5.18. The molecule has 1 aromatic rings. The van der Waals surface area contributed by atoms with E-state index in [1.54, 1.807) is 6.07 Å². The summed E-state index contributed by atoms with van der Waals surface area (Å²) in [7, 11) is 0. The van der Waals surface area contributed by atoms with E-state index in [9.17, 15) is 9.18 Å². The predicted molar refractivity (Wildman–Crippen MR) is 66.1 cm³/mol. The van der Waals surface area contributed by atoms with E-state index >= 15 is 0 Å². The third-order valence-electron chi connectivity index (χ3n) is 4.20. The van der Waals surface area contributed by atoms with Crippen molar-refractivity contribution in [2.24, 2.45) is 5.92 Å². The van der Waals surface area contributed by atoms with Crippen LogP contribution < -0.4 is 0 Å². The fourth-order valence-electron chi connectivity index (χ4n) is 3.11. The second-order valence-electron chi connectivity index (χ2n) is 5.54. The topological polar surface area (TPSA) is 37.3 Å². The third-order valence-corrected chi connectivity index (χ3v) is 4.20. The number of fused-ring (bicyclic) bond motifs is 1. The number of hydrogen-bond donors (Lipinski definition) is 1. The average molecular weight is 248 g/mol. The van der Waals surface area contributed by atoms with Crippen LogP contribution >= 0.6 is 0 Å². The summed E-state index contributed by atoms with van der Waals surface area (Å²) in [4.78, 5) is 10.9. The Labute approximate surface area is 106 Å². The van der Waals surface area contributed by atoms with Crippen LogP contribution in [0.25, 0.3) is 0 Å². The van der Waals surface area contributed by atoms with E-state index in [2.05, 4.69) is 0 Å². The molecule has 0 heterocycles. The molecule has 3 rings (SSSR count). The summed E-state index contributed by atoms with van der Waals surface area (Å²) in [5, 5.41) is 8.98. The van der Waals surface area contributed by atoms with Gasteiger partial charge in [0.2, 0.25) is 0 Å². The number of carboxylic acid groups (broad SMARTS) is 1. The monoisotopic (exact) mass is 248 g/mol. The minimum absolute atomic E-state index is 0.0559.